The van der Waals surface area contributed by atoms with Gasteiger partial charge in [-0.1, -0.05) is 26.0 Å². The molecule has 10 heteroatoms. The molecule has 186 valence electrons. The number of hydrogen-bond acceptors (Lipinski definition) is 6. The number of ether oxygens (including phenoxy) is 2. The number of amides is 1. The van der Waals surface area contributed by atoms with Crippen LogP contribution in [0.15, 0.2) is 47.4 Å². The zero-order valence-electron chi connectivity index (χ0n) is 19.9. The maximum Gasteiger partial charge on any atom is 0.241 e. The highest BCUT2D eigenvalue weighted by Gasteiger charge is 2.35. The van der Waals surface area contributed by atoms with Gasteiger partial charge in [0.05, 0.1) is 15.9 Å². The van der Waals surface area contributed by atoms with Crippen LogP contribution < -0.4 is 14.2 Å². The molecule has 1 aromatic heterocycles. The van der Waals surface area contributed by atoms with Crippen LogP contribution in [0, 0.1) is 5.92 Å². The minimum Gasteiger partial charge on any atom is -0.486 e. The number of aromatic amines is 1. The van der Waals surface area contributed by atoms with E-state index in [0.29, 0.717) is 37.8 Å². The van der Waals surface area contributed by atoms with Crippen molar-refractivity contribution in [3.63, 3.8) is 0 Å². The van der Waals surface area contributed by atoms with E-state index in [4.69, 9.17) is 14.5 Å². The van der Waals surface area contributed by atoms with Crippen LogP contribution in [-0.4, -0.2) is 61.5 Å². The fraction of sp³-hybridized carbons (Fsp3) is 0.440. The normalized spacial score (nSPS) is 19.2. The molecule has 2 aliphatic heterocycles. The summed E-state index contributed by atoms with van der Waals surface area (Å²) in [5, 5.41) is 0. The monoisotopic (exact) mass is 498 g/mol. The van der Waals surface area contributed by atoms with Crippen molar-refractivity contribution in [1.82, 2.24) is 19.6 Å². The van der Waals surface area contributed by atoms with Gasteiger partial charge in [-0.2, -0.15) is 4.72 Å². The molecular weight excluding hydrogens is 468 g/mol. The highest BCUT2D eigenvalue weighted by molar-refractivity contribution is 7.89. The Morgan fingerprint density at radius 1 is 1.14 bits per heavy atom. The predicted molar refractivity (Wildman–Crippen MR) is 131 cm³/mol. The number of H-pyrrole nitrogens is 1. The van der Waals surface area contributed by atoms with Gasteiger partial charge in [0.15, 0.2) is 11.5 Å². The Morgan fingerprint density at radius 3 is 2.69 bits per heavy atom. The highest BCUT2D eigenvalue weighted by Crippen LogP contribution is 2.33. The Bertz CT molecular complexity index is 1300. The van der Waals surface area contributed by atoms with E-state index in [9.17, 15) is 13.2 Å². The number of hydrogen-bond donors (Lipinski definition) is 2. The molecule has 2 aliphatic rings. The molecule has 0 aliphatic carbocycles. The Balaban J connectivity index is 1.33. The molecule has 2 N–H and O–H groups in total. The van der Waals surface area contributed by atoms with Gasteiger partial charge in [-0.25, -0.2) is 13.4 Å². The van der Waals surface area contributed by atoms with Crippen LogP contribution in [0.3, 0.4) is 0 Å². The van der Waals surface area contributed by atoms with Gasteiger partial charge in [-0.05, 0) is 43.0 Å². The summed E-state index contributed by atoms with van der Waals surface area (Å²) in [7, 11) is -3.96. The van der Waals surface area contributed by atoms with Crippen LogP contribution in [0.1, 0.15) is 38.4 Å². The smallest absolute Gasteiger partial charge is 0.241 e. The molecule has 2 aromatic carbocycles. The Morgan fingerprint density at radius 2 is 1.91 bits per heavy atom. The van der Waals surface area contributed by atoms with Crippen molar-refractivity contribution in [2.45, 2.75) is 43.5 Å². The van der Waals surface area contributed by atoms with Crippen LogP contribution in [0.4, 0.5) is 0 Å². The summed E-state index contributed by atoms with van der Waals surface area (Å²) in [5.74, 6) is 1.37. The second-order valence-corrected chi connectivity index (χ2v) is 11.1. The maximum absolute atomic E-state index is 13.6. The molecule has 2 atom stereocenters. The number of carbonyl (C=O) groups excluding carboxylic acids is 1. The zero-order valence-corrected chi connectivity index (χ0v) is 20.7. The molecule has 1 fully saturated rings. The summed E-state index contributed by atoms with van der Waals surface area (Å²) < 4.78 is 40.1. The fourth-order valence-electron chi connectivity index (χ4n) is 4.66. The van der Waals surface area contributed by atoms with Gasteiger partial charge < -0.3 is 19.4 Å². The summed E-state index contributed by atoms with van der Waals surface area (Å²) in [6.45, 7) is 5.55. The largest absolute Gasteiger partial charge is 0.486 e. The maximum atomic E-state index is 13.6. The molecule has 0 bridgehead atoms. The Labute approximate surface area is 204 Å². The van der Waals surface area contributed by atoms with E-state index in [1.54, 1.807) is 11.0 Å². The number of nitrogens with one attached hydrogen (secondary N) is 2. The van der Waals surface area contributed by atoms with Crippen molar-refractivity contribution >= 4 is 27.0 Å². The number of aromatic nitrogens is 2. The average molecular weight is 499 g/mol. The van der Waals surface area contributed by atoms with Gasteiger partial charge in [0.2, 0.25) is 15.9 Å². The van der Waals surface area contributed by atoms with Crippen molar-refractivity contribution in [2.24, 2.45) is 5.92 Å². The van der Waals surface area contributed by atoms with Crippen LogP contribution in [0.25, 0.3) is 11.0 Å². The van der Waals surface area contributed by atoms with E-state index in [-0.39, 0.29) is 22.6 Å². The van der Waals surface area contributed by atoms with Crippen LogP contribution >= 0.6 is 0 Å². The number of nitrogens with zero attached hydrogens (tertiary/aromatic N) is 2. The number of rotatable bonds is 6. The summed E-state index contributed by atoms with van der Waals surface area (Å²) in [5.41, 5.74) is 1.87. The minimum atomic E-state index is -3.96. The van der Waals surface area contributed by atoms with E-state index >= 15 is 0 Å². The molecule has 1 saturated heterocycles. The summed E-state index contributed by atoms with van der Waals surface area (Å²) in [6, 6.07) is 11.5. The summed E-state index contributed by atoms with van der Waals surface area (Å²) >= 11 is 0. The molecule has 9 nitrogen and oxygen atoms in total. The SMILES string of the molecule is CC(C)[C@@H](NS(=O)(=O)c1ccc2c(c1)OCCO2)C(=O)N1CCC[C@H](c2nc3ccccc3[nH]2)C1. The van der Waals surface area contributed by atoms with Gasteiger partial charge in [0, 0.05) is 25.1 Å². The first-order chi connectivity index (χ1) is 16.8. The standard InChI is InChI=1S/C25H30N4O5S/c1-16(2)23(28-35(31,32)18-9-10-21-22(14-18)34-13-12-33-21)25(30)29-11-5-6-17(15-29)24-26-19-7-3-4-8-20(19)27-24/h3-4,7-10,14,16-17,23,28H,5-6,11-13,15H2,1-2H3,(H,26,27)/t17-,23+/m0/s1. The van der Waals surface area contributed by atoms with Crippen LogP contribution in [-0.2, 0) is 14.8 Å². The van der Waals surface area contributed by atoms with E-state index in [1.165, 1.54) is 12.1 Å². The number of piperidine rings is 1. The lowest BCUT2D eigenvalue weighted by Gasteiger charge is -2.35. The molecule has 0 saturated carbocycles. The molecule has 0 spiro atoms. The lowest BCUT2D eigenvalue weighted by Crippen LogP contribution is -2.53. The zero-order chi connectivity index (χ0) is 24.6. The molecule has 0 radical (unpaired) electrons. The molecule has 1 amide bonds. The van der Waals surface area contributed by atoms with Crippen molar-refractivity contribution in [1.29, 1.82) is 0 Å². The lowest BCUT2D eigenvalue weighted by atomic mass is 9.95. The van der Waals surface area contributed by atoms with Gasteiger partial charge in [0.25, 0.3) is 0 Å². The third kappa shape index (κ3) is 4.85. The third-order valence-corrected chi connectivity index (χ3v) is 8.01. The molecule has 5 rings (SSSR count). The van der Waals surface area contributed by atoms with Crippen molar-refractivity contribution in [3.05, 3.63) is 48.3 Å². The topological polar surface area (TPSA) is 114 Å². The Kier molecular flexibility index (Phi) is 6.41. The molecular formula is C25H30N4O5S. The quantitative estimate of drug-likeness (QED) is 0.540. The Hall–Kier alpha value is -3.11. The predicted octanol–water partition coefficient (Wildman–Crippen LogP) is 3.04. The van der Waals surface area contributed by atoms with Gasteiger partial charge >= 0.3 is 0 Å². The molecule has 3 aromatic rings. The minimum absolute atomic E-state index is 0.0407. The van der Waals surface area contributed by atoms with Crippen LogP contribution in [0.5, 0.6) is 11.5 Å². The second-order valence-electron chi connectivity index (χ2n) is 9.41. The summed E-state index contributed by atoms with van der Waals surface area (Å²) in [4.78, 5) is 23.5. The van der Waals surface area contributed by atoms with Gasteiger partial charge in [-0.3, -0.25) is 4.79 Å². The van der Waals surface area contributed by atoms with E-state index in [0.717, 1.165) is 29.7 Å². The van der Waals surface area contributed by atoms with E-state index in [1.807, 2.05) is 38.1 Å². The van der Waals surface area contributed by atoms with Crippen molar-refractivity contribution < 1.29 is 22.7 Å². The van der Waals surface area contributed by atoms with Gasteiger partial charge in [0.1, 0.15) is 25.1 Å². The highest BCUT2D eigenvalue weighted by atomic mass is 32.2. The van der Waals surface area contributed by atoms with Crippen molar-refractivity contribution in [2.75, 3.05) is 26.3 Å². The first-order valence-corrected chi connectivity index (χ1v) is 13.5. The number of imidazole rings is 1. The van der Waals surface area contributed by atoms with Crippen molar-refractivity contribution in [3.8, 4) is 11.5 Å². The van der Waals surface area contributed by atoms with E-state index in [2.05, 4.69) is 9.71 Å². The van der Waals surface area contributed by atoms with Crippen LogP contribution in [0.2, 0.25) is 0 Å². The first kappa shape index (κ1) is 23.6. The number of para-hydroxylation sites is 2. The van der Waals surface area contributed by atoms with E-state index < -0.39 is 16.1 Å². The number of likely N-dealkylation sites (tertiary alicyclic amines) is 1. The number of fused-ring (bicyclic) bond motifs is 2. The van der Waals surface area contributed by atoms with Gasteiger partial charge in [-0.15, -0.1) is 0 Å². The molecule has 35 heavy (non-hydrogen) atoms. The third-order valence-electron chi connectivity index (χ3n) is 6.57. The molecule has 3 heterocycles. The fourth-order valence-corrected chi connectivity index (χ4v) is 6.01. The average Bonchev–Trinajstić information content (AvgIpc) is 3.31. The lowest BCUT2D eigenvalue weighted by molar-refractivity contribution is -0.135. The second kappa shape index (κ2) is 9.50. The molecule has 0 unspecified atom stereocenters. The summed E-state index contributed by atoms with van der Waals surface area (Å²) in [6.07, 6.45) is 1.74. The number of benzene rings is 2. The number of carbonyl (C=O) groups is 1. The number of sulfonamides is 1. The first-order valence-electron chi connectivity index (χ1n) is 12.0.